The van der Waals surface area contributed by atoms with Gasteiger partial charge in [-0.3, -0.25) is 4.79 Å². The second-order valence-corrected chi connectivity index (χ2v) is 10.4. The number of pyridine rings is 1. The first kappa shape index (κ1) is 28.7. The summed E-state index contributed by atoms with van der Waals surface area (Å²) in [5, 5.41) is 10.2. The fraction of sp³-hybridized carbons (Fsp3) is 0.182. The number of allylic oxidation sites excluding steroid dienone is 1. The fourth-order valence-corrected chi connectivity index (χ4v) is 5.16. The molecule has 3 aromatic carbocycles. The summed E-state index contributed by atoms with van der Waals surface area (Å²) in [7, 11) is 1.55. The van der Waals surface area contributed by atoms with E-state index in [1.54, 1.807) is 43.5 Å². The van der Waals surface area contributed by atoms with E-state index in [9.17, 15) is 18.8 Å². The molecule has 0 saturated carbocycles. The highest BCUT2D eigenvalue weighted by Crippen LogP contribution is 2.36. The van der Waals surface area contributed by atoms with Crippen molar-refractivity contribution < 1.29 is 18.3 Å². The zero-order valence-corrected chi connectivity index (χ0v) is 23.2. The van der Waals surface area contributed by atoms with Crippen molar-refractivity contribution in [3.63, 3.8) is 0 Å². The number of alkyl halides is 2. The molecule has 0 amide bonds. The first-order valence-corrected chi connectivity index (χ1v) is 13.7. The van der Waals surface area contributed by atoms with Crippen LogP contribution in [0.5, 0.6) is 5.75 Å². The molecule has 1 heterocycles. The third-order valence-electron chi connectivity index (χ3n) is 6.38. The molecule has 0 aliphatic rings. The van der Waals surface area contributed by atoms with Crippen LogP contribution in [0.25, 0.3) is 17.2 Å². The lowest BCUT2D eigenvalue weighted by Crippen LogP contribution is -2.00. The highest BCUT2D eigenvalue weighted by Gasteiger charge is 2.19. The highest BCUT2D eigenvalue weighted by molar-refractivity contribution is 7.98. The lowest BCUT2D eigenvalue weighted by Gasteiger charge is -2.13. The Hall–Kier alpha value is -4.28. The van der Waals surface area contributed by atoms with Crippen LogP contribution in [0.1, 0.15) is 64.5 Å². The minimum atomic E-state index is -2.78. The van der Waals surface area contributed by atoms with Gasteiger partial charge in [-0.2, -0.15) is 5.26 Å². The number of ether oxygens (including phenoxy) is 1. The van der Waals surface area contributed by atoms with Gasteiger partial charge >= 0.3 is 0 Å². The Balaban J connectivity index is 1.60. The number of nitrogens with zero attached hydrogens (tertiary/aromatic N) is 2. The molecule has 0 radical (unpaired) electrons. The predicted octanol–water partition coefficient (Wildman–Crippen LogP) is 8.88. The Morgan fingerprint density at radius 1 is 1.05 bits per heavy atom. The van der Waals surface area contributed by atoms with Crippen molar-refractivity contribution in [2.24, 2.45) is 0 Å². The maximum Gasteiger partial charge on any atom is 0.280 e. The number of carbonyl (C=O) groups is 1. The summed E-state index contributed by atoms with van der Waals surface area (Å²) in [4.78, 5) is 16.8. The smallest absolute Gasteiger partial charge is 0.280 e. The second-order valence-electron chi connectivity index (χ2n) is 9.39. The molecule has 0 N–H and O–H groups in total. The molecule has 4 nitrogen and oxygen atoms in total. The number of thioether (sulfide) groups is 1. The molecule has 0 unspecified atom stereocenters. The first-order valence-electron chi connectivity index (χ1n) is 12.7. The van der Waals surface area contributed by atoms with Crippen molar-refractivity contribution >= 4 is 23.6 Å². The van der Waals surface area contributed by atoms with Gasteiger partial charge in [0.15, 0.2) is 5.78 Å². The maximum absolute atomic E-state index is 13.7. The van der Waals surface area contributed by atoms with Crippen LogP contribution in [0, 0.1) is 11.3 Å². The lowest BCUT2D eigenvalue weighted by molar-refractivity contribution is 0.104. The Kier molecular flexibility index (Phi) is 9.47. The van der Waals surface area contributed by atoms with Crippen LogP contribution in [-0.4, -0.2) is 17.9 Å². The van der Waals surface area contributed by atoms with Gasteiger partial charge in [0, 0.05) is 22.4 Å². The molecule has 0 spiro atoms. The lowest BCUT2D eigenvalue weighted by atomic mass is 10.00. The summed E-state index contributed by atoms with van der Waals surface area (Å²) in [6, 6.07) is 25.5. The minimum absolute atomic E-state index is 0.109. The molecular formula is C33H28F2N2O2S. The molecule has 40 heavy (non-hydrogen) atoms. The normalized spacial score (nSPS) is 11.2. The summed E-state index contributed by atoms with van der Waals surface area (Å²) in [5.41, 5.74) is 4.27. The number of carbonyl (C=O) groups excluding carboxylic acids is 1. The molecule has 0 aliphatic carbocycles. The average molecular weight is 555 g/mol. The largest absolute Gasteiger partial charge is 0.496 e. The van der Waals surface area contributed by atoms with Crippen molar-refractivity contribution in [2.75, 3.05) is 7.11 Å². The van der Waals surface area contributed by atoms with Gasteiger partial charge in [-0.1, -0.05) is 80.6 Å². The van der Waals surface area contributed by atoms with E-state index in [1.165, 1.54) is 29.5 Å². The Morgan fingerprint density at radius 3 is 2.40 bits per heavy atom. The average Bonchev–Trinajstić information content (AvgIpc) is 2.98. The second kappa shape index (κ2) is 13.2. The zero-order chi connectivity index (χ0) is 28.6. The van der Waals surface area contributed by atoms with Gasteiger partial charge in [0.2, 0.25) is 0 Å². The van der Waals surface area contributed by atoms with Gasteiger partial charge in [0.25, 0.3) is 6.43 Å². The van der Waals surface area contributed by atoms with E-state index in [2.05, 4.69) is 24.9 Å². The predicted molar refractivity (Wildman–Crippen MR) is 156 cm³/mol. The molecule has 4 aromatic rings. The van der Waals surface area contributed by atoms with E-state index in [4.69, 9.17) is 4.74 Å². The number of hydrogen-bond donors (Lipinski definition) is 0. The van der Waals surface area contributed by atoms with Gasteiger partial charge < -0.3 is 4.74 Å². The number of methoxy groups -OCH3 is 1. The van der Waals surface area contributed by atoms with Crippen molar-refractivity contribution in [1.29, 1.82) is 5.26 Å². The van der Waals surface area contributed by atoms with Crippen molar-refractivity contribution in [3.8, 4) is 22.9 Å². The first-order chi connectivity index (χ1) is 19.3. The van der Waals surface area contributed by atoms with Gasteiger partial charge in [-0.05, 0) is 46.9 Å². The fourth-order valence-electron chi connectivity index (χ4n) is 4.17. The quantitative estimate of drug-likeness (QED) is 0.111. The topological polar surface area (TPSA) is 63.0 Å². The summed E-state index contributed by atoms with van der Waals surface area (Å²) in [5.74, 6) is 1.20. The number of hydrogen-bond acceptors (Lipinski definition) is 5. The Bertz CT molecular complexity index is 1560. The molecule has 0 fully saturated rings. The number of aromatic nitrogens is 1. The number of ketones is 1. The molecule has 1 aromatic heterocycles. The van der Waals surface area contributed by atoms with Crippen LogP contribution in [-0.2, 0) is 5.75 Å². The van der Waals surface area contributed by atoms with E-state index in [0.29, 0.717) is 34.1 Å². The number of benzene rings is 3. The molecular weight excluding hydrogens is 526 g/mol. The van der Waals surface area contributed by atoms with Crippen LogP contribution < -0.4 is 4.74 Å². The van der Waals surface area contributed by atoms with E-state index in [-0.39, 0.29) is 22.1 Å². The molecule has 202 valence electrons. The Labute approximate surface area is 237 Å². The number of nitriles is 1. The molecule has 7 heteroatoms. The van der Waals surface area contributed by atoms with Crippen LogP contribution in [0.3, 0.4) is 0 Å². The molecule has 0 saturated heterocycles. The van der Waals surface area contributed by atoms with Crippen LogP contribution >= 0.6 is 11.8 Å². The minimum Gasteiger partial charge on any atom is -0.496 e. The van der Waals surface area contributed by atoms with Crippen LogP contribution in [0.15, 0.2) is 90.0 Å². The van der Waals surface area contributed by atoms with Crippen molar-refractivity contribution in [1.82, 2.24) is 4.98 Å². The summed E-state index contributed by atoms with van der Waals surface area (Å²) in [6.45, 7) is 4.20. The third-order valence-corrected chi connectivity index (χ3v) is 7.41. The summed E-state index contributed by atoms with van der Waals surface area (Å²) >= 11 is 1.19. The molecule has 0 atom stereocenters. The van der Waals surface area contributed by atoms with Crippen molar-refractivity contribution in [3.05, 3.63) is 118 Å². The number of halogens is 2. The van der Waals surface area contributed by atoms with E-state index in [1.807, 2.05) is 42.5 Å². The monoisotopic (exact) mass is 554 g/mol. The summed E-state index contributed by atoms with van der Waals surface area (Å²) in [6.07, 6.45) is 0.476. The maximum atomic E-state index is 13.7. The third kappa shape index (κ3) is 6.83. The SMILES string of the molecule is COc1ccc(/C=C/C(=O)c2ccc(C(C)C)cc2)cc1CSc1nc(C(F)F)cc(-c2ccccc2)c1C#N. The van der Waals surface area contributed by atoms with Crippen LogP contribution in [0.4, 0.5) is 8.78 Å². The Morgan fingerprint density at radius 2 is 1.77 bits per heavy atom. The van der Waals surface area contributed by atoms with Gasteiger partial charge in [-0.15, -0.1) is 11.8 Å². The zero-order valence-electron chi connectivity index (χ0n) is 22.4. The highest BCUT2D eigenvalue weighted by atomic mass is 32.2. The number of rotatable bonds is 10. The molecule has 0 aliphatic heterocycles. The van der Waals surface area contributed by atoms with Crippen molar-refractivity contribution in [2.45, 2.75) is 37.0 Å². The van der Waals surface area contributed by atoms with E-state index in [0.717, 1.165) is 11.1 Å². The van der Waals surface area contributed by atoms with Gasteiger partial charge in [0.1, 0.15) is 22.5 Å². The molecule has 0 bridgehead atoms. The summed E-state index contributed by atoms with van der Waals surface area (Å²) < 4.78 is 33.0. The molecule has 4 rings (SSSR count). The standard InChI is InChI=1S/C33H28F2N2O2S/c1-21(2)23-11-13-25(14-12-23)30(38)15-9-22-10-16-31(39-3)26(17-22)20-40-33-28(19-36)27(18-29(37-33)32(34)35)24-7-5-4-6-8-24/h4-18,21,32H,20H2,1-3H3/b15-9+. The van der Waals surface area contributed by atoms with E-state index < -0.39 is 6.43 Å². The van der Waals surface area contributed by atoms with E-state index >= 15 is 0 Å². The van der Waals surface area contributed by atoms with Gasteiger partial charge in [-0.25, -0.2) is 13.8 Å². The van der Waals surface area contributed by atoms with Gasteiger partial charge in [0.05, 0.1) is 12.7 Å². The van der Waals surface area contributed by atoms with Crippen LogP contribution in [0.2, 0.25) is 0 Å².